The van der Waals surface area contributed by atoms with E-state index in [0.29, 0.717) is 32.2 Å². The van der Waals surface area contributed by atoms with E-state index in [1.807, 2.05) is 6.92 Å². The second kappa shape index (κ2) is 8.08. The number of rotatable bonds is 5. The van der Waals surface area contributed by atoms with Crippen molar-refractivity contribution < 1.29 is 23.5 Å². The average molecular weight is 340 g/mol. The number of urea groups is 1. The fourth-order valence-corrected chi connectivity index (χ4v) is 2.98. The van der Waals surface area contributed by atoms with Crippen LogP contribution >= 0.6 is 0 Å². The summed E-state index contributed by atoms with van der Waals surface area (Å²) in [5.41, 5.74) is 0.235. The number of halogens is 2. The molecule has 5 nitrogen and oxygen atoms in total. The lowest BCUT2D eigenvalue weighted by Gasteiger charge is -2.32. The van der Waals surface area contributed by atoms with Crippen LogP contribution in [0.1, 0.15) is 44.2 Å². The second-order valence-electron chi connectivity index (χ2n) is 6.08. The van der Waals surface area contributed by atoms with E-state index >= 15 is 0 Å². The molecule has 132 valence electrons. The Labute approximate surface area is 139 Å². The highest BCUT2D eigenvalue weighted by molar-refractivity contribution is 5.77. The fraction of sp³-hybridized carbons (Fsp3) is 0.529. The van der Waals surface area contributed by atoms with Gasteiger partial charge in [0.05, 0.1) is 12.0 Å². The maximum absolute atomic E-state index is 14.0. The molecule has 1 saturated heterocycles. The molecule has 0 spiro atoms. The number of carboxylic acid groups (broad SMARTS) is 1. The van der Waals surface area contributed by atoms with E-state index in [2.05, 4.69) is 5.32 Å². The maximum Gasteiger partial charge on any atom is 0.317 e. The molecular weight excluding hydrogens is 318 g/mol. The Hall–Kier alpha value is -2.18. The molecule has 1 aromatic carbocycles. The van der Waals surface area contributed by atoms with E-state index in [9.17, 15) is 18.4 Å². The number of aliphatic carboxylic acids is 1. The van der Waals surface area contributed by atoms with Crippen molar-refractivity contribution in [3.8, 4) is 0 Å². The summed E-state index contributed by atoms with van der Waals surface area (Å²) in [6, 6.07) is 2.30. The quantitative estimate of drug-likeness (QED) is 0.864. The molecule has 1 aliphatic heterocycles. The van der Waals surface area contributed by atoms with E-state index in [1.165, 1.54) is 11.0 Å². The van der Waals surface area contributed by atoms with Gasteiger partial charge in [0.2, 0.25) is 0 Å². The van der Waals surface area contributed by atoms with Gasteiger partial charge in [-0.15, -0.1) is 0 Å². The van der Waals surface area contributed by atoms with Crippen LogP contribution in [0, 0.1) is 17.6 Å². The number of piperidine rings is 1. The smallest absolute Gasteiger partial charge is 0.317 e. The lowest BCUT2D eigenvalue weighted by Crippen LogP contribution is -2.48. The molecule has 2 N–H and O–H groups in total. The zero-order valence-electron chi connectivity index (χ0n) is 13.6. The number of nitrogens with zero attached hydrogens (tertiary/aromatic N) is 1. The third kappa shape index (κ3) is 4.43. The number of likely N-dealkylation sites (tertiary alicyclic amines) is 1. The first-order valence-corrected chi connectivity index (χ1v) is 8.15. The van der Waals surface area contributed by atoms with Gasteiger partial charge in [-0.3, -0.25) is 4.79 Å². The van der Waals surface area contributed by atoms with E-state index in [4.69, 9.17) is 5.11 Å². The van der Waals surface area contributed by atoms with Crippen molar-refractivity contribution in [3.63, 3.8) is 0 Å². The second-order valence-corrected chi connectivity index (χ2v) is 6.08. The Kier molecular flexibility index (Phi) is 6.11. The van der Waals surface area contributed by atoms with Gasteiger partial charge in [-0.05, 0) is 25.3 Å². The predicted molar refractivity (Wildman–Crippen MR) is 84.5 cm³/mol. The number of nitrogens with one attached hydrogen (secondary N) is 1. The Balaban J connectivity index is 2.09. The highest BCUT2D eigenvalue weighted by Gasteiger charge is 2.29. The van der Waals surface area contributed by atoms with Crippen LogP contribution in [0.2, 0.25) is 0 Å². The SMILES string of the molecule is CCCC(NC(=O)N1CCCC(C(=O)O)C1)c1ccc(F)cc1F. The maximum atomic E-state index is 14.0. The molecule has 2 amide bonds. The van der Waals surface area contributed by atoms with Gasteiger partial charge in [-0.1, -0.05) is 19.4 Å². The van der Waals surface area contributed by atoms with Crippen molar-refractivity contribution in [2.45, 2.75) is 38.6 Å². The molecule has 2 atom stereocenters. The minimum absolute atomic E-state index is 0.145. The summed E-state index contributed by atoms with van der Waals surface area (Å²) >= 11 is 0. The molecular formula is C17H22F2N2O3. The van der Waals surface area contributed by atoms with Gasteiger partial charge in [-0.25, -0.2) is 13.6 Å². The normalized spacial score (nSPS) is 19.0. The van der Waals surface area contributed by atoms with Crippen molar-refractivity contribution in [1.82, 2.24) is 10.2 Å². The van der Waals surface area contributed by atoms with Gasteiger partial charge in [0, 0.05) is 24.7 Å². The van der Waals surface area contributed by atoms with Gasteiger partial charge < -0.3 is 15.3 Å². The lowest BCUT2D eigenvalue weighted by atomic mass is 9.98. The van der Waals surface area contributed by atoms with Gasteiger partial charge in [-0.2, -0.15) is 0 Å². The third-order valence-electron chi connectivity index (χ3n) is 4.27. The standard InChI is InChI=1S/C17H22F2N2O3/c1-2-4-15(13-7-6-12(18)9-14(13)19)20-17(24)21-8-3-5-11(10-21)16(22)23/h6-7,9,11,15H,2-5,8,10H2,1H3,(H,20,24)(H,22,23). The van der Waals surface area contributed by atoms with Crippen LogP contribution in [0.5, 0.6) is 0 Å². The molecule has 2 unspecified atom stereocenters. The first-order chi connectivity index (χ1) is 11.4. The zero-order chi connectivity index (χ0) is 17.7. The van der Waals surface area contributed by atoms with Crippen LogP contribution in [0.3, 0.4) is 0 Å². The molecule has 2 rings (SSSR count). The molecule has 1 heterocycles. The van der Waals surface area contributed by atoms with E-state index < -0.39 is 35.6 Å². The van der Waals surface area contributed by atoms with Gasteiger partial charge in [0.15, 0.2) is 0 Å². The first kappa shape index (κ1) is 18.2. The van der Waals surface area contributed by atoms with Crippen LogP contribution in [0.4, 0.5) is 13.6 Å². The molecule has 7 heteroatoms. The molecule has 24 heavy (non-hydrogen) atoms. The summed E-state index contributed by atoms with van der Waals surface area (Å²) in [4.78, 5) is 25.0. The zero-order valence-corrected chi connectivity index (χ0v) is 13.6. The fourth-order valence-electron chi connectivity index (χ4n) is 2.98. The van der Waals surface area contributed by atoms with Gasteiger partial charge in [0.25, 0.3) is 0 Å². The Bertz CT molecular complexity index is 609. The summed E-state index contributed by atoms with van der Waals surface area (Å²) < 4.78 is 27.1. The minimum Gasteiger partial charge on any atom is -0.481 e. The highest BCUT2D eigenvalue weighted by atomic mass is 19.1. The van der Waals surface area contributed by atoms with Crippen molar-refractivity contribution in [2.24, 2.45) is 5.92 Å². The summed E-state index contributed by atoms with van der Waals surface area (Å²) in [5.74, 6) is -2.85. The summed E-state index contributed by atoms with van der Waals surface area (Å²) in [6.07, 6.45) is 2.38. The van der Waals surface area contributed by atoms with Crippen molar-refractivity contribution in [2.75, 3.05) is 13.1 Å². The van der Waals surface area contributed by atoms with E-state index in [-0.39, 0.29) is 12.1 Å². The Morgan fingerprint density at radius 1 is 1.42 bits per heavy atom. The number of carboxylic acids is 1. The Morgan fingerprint density at radius 2 is 2.17 bits per heavy atom. The molecule has 1 fully saturated rings. The molecule has 0 aliphatic carbocycles. The van der Waals surface area contributed by atoms with Crippen molar-refractivity contribution in [3.05, 3.63) is 35.4 Å². The predicted octanol–water partition coefficient (Wildman–Crippen LogP) is 3.31. The molecule has 0 aromatic heterocycles. The molecule has 1 aromatic rings. The first-order valence-electron chi connectivity index (χ1n) is 8.15. The van der Waals surface area contributed by atoms with Gasteiger partial charge >= 0.3 is 12.0 Å². The van der Waals surface area contributed by atoms with E-state index in [0.717, 1.165) is 12.1 Å². The lowest BCUT2D eigenvalue weighted by molar-refractivity contribution is -0.143. The van der Waals surface area contributed by atoms with Crippen molar-refractivity contribution in [1.29, 1.82) is 0 Å². The number of carbonyl (C=O) groups excluding carboxylic acids is 1. The number of benzene rings is 1. The molecule has 0 radical (unpaired) electrons. The molecule has 1 aliphatic rings. The monoisotopic (exact) mass is 340 g/mol. The summed E-state index contributed by atoms with van der Waals surface area (Å²) in [6.45, 7) is 2.52. The van der Waals surface area contributed by atoms with Crippen LogP contribution in [0.15, 0.2) is 18.2 Å². The van der Waals surface area contributed by atoms with Crippen LogP contribution in [-0.4, -0.2) is 35.1 Å². The van der Waals surface area contributed by atoms with Gasteiger partial charge in [0.1, 0.15) is 11.6 Å². The topological polar surface area (TPSA) is 69.6 Å². The van der Waals surface area contributed by atoms with Crippen LogP contribution in [0.25, 0.3) is 0 Å². The number of carbonyl (C=O) groups is 2. The number of hydrogen-bond donors (Lipinski definition) is 2. The third-order valence-corrected chi connectivity index (χ3v) is 4.27. The van der Waals surface area contributed by atoms with Crippen molar-refractivity contribution >= 4 is 12.0 Å². The van der Waals surface area contributed by atoms with Crippen LogP contribution < -0.4 is 5.32 Å². The largest absolute Gasteiger partial charge is 0.481 e. The average Bonchev–Trinajstić information content (AvgIpc) is 2.54. The highest BCUT2D eigenvalue weighted by Crippen LogP contribution is 2.24. The Morgan fingerprint density at radius 3 is 2.79 bits per heavy atom. The minimum atomic E-state index is -0.915. The molecule has 0 bridgehead atoms. The number of amides is 2. The number of hydrogen-bond acceptors (Lipinski definition) is 2. The van der Waals surface area contributed by atoms with E-state index in [1.54, 1.807) is 0 Å². The summed E-state index contributed by atoms with van der Waals surface area (Å²) in [5, 5.41) is 11.9. The summed E-state index contributed by atoms with van der Waals surface area (Å²) in [7, 11) is 0. The van der Waals surface area contributed by atoms with Crippen LogP contribution in [-0.2, 0) is 4.79 Å². The molecule has 0 saturated carbocycles.